The fourth-order valence-corrected chi connectivity index (χ4v) is 2.71. The van der Waals surface area contributed by atoms with Crippen LogP contribution in [0.5, 0.6) is 11.5 Å². The number of nitrogens with zero attached hydrogens (tertiary/aromatic N) is 1. The third-order valence-electron chi connectivity index (χ3n) is 3.84. The van der Waals surface area contributed by atoms with Crippen molar-refractivity contribution in [1.29, 1.82) is 0 Å². The zero-order chi connectivity index (χ0) is 17.0. The lowest BCUT2D eigenvalue weighted by Gasteiger charge is -2.33. The second-order valence-electron chi connectivity index (χ2n) is 5.57. The Morgan fingerprint density at radius 1 is 0.958 bits per heavy atom. The number of anilines is 1. The topological polar surface area (TPSA) is 21.7 Å². The van der Waals surface area contributed by atoms with Crippen LogP contribution >= 0.6 is 0 Å². The van der Waals surface area contributed by atoms with Crippen LogP contribution in [-0.4, -0.2) is 25.6 Å². The van der Waals surface area contributed by atoms with Gasteiger partial charge in [0.15, 0.2) is 0 Å². The SMILES string of the molecule is FC(F)(F)Oc1ccc(OC2CCN(c3[c]cccc3)CC2)cc1. The summed E-state index contributed by atoms with van der Waals surface area (Å²) >= 11 is 0. The molecule has 1 radical (unpaired) electrons. The minimum Gasteiger partial charge on any atom is -0.490 e. The van der Waals surface area contributed by atoms with E-state index in [2.05, 4.69) is 15.7 Å². The highest BCUT2D eigenvalue weighted by Crippen LogP contribution is 2.27. The Morgan fingerprint density at radius 2 is 1.62 bits per heavy atom. The summed E-state index contributed by atoms with van der Waals surface area (Å²) in [7, 11) is 0. The smallest absolute Gasteiger partial charge is 0.490 e. The molecule has 1 saturated heterocycles. The van der Waals surface area contributed by atoms with Crippen LogP contribution in [0.4, 0.5) is 18.9 Å². The summed E-state index contributed by atoms with van der Waals surface area (Å²) < 4.78 is 46.1. The Morgan fingerprint density at radius 3 is 2.21 bits per heavy atom. The first kappa shape index (κ1) is 16.5. The highest BCUT2D eigenvalue weighted by atomic mass is 19.4. The molecule has 6 heteroatoms. The van der Waals surface area contributed by atoms with E-state index in [1.54, 1.807) is 0 Å². The van der Waals surface area contributed by atoms with Crippen LogP contribution < -0.4 is 14.4 Å². The summed E-state index contributed by atoms with van der Waals surface area (Å²) in [6, 6.07) is 16.6. The van der Waals surface area contributed by atoms with Gasteiger partial charge >= 0.3 is 6.36 Å². The summed E-state index contributed by atoms with van der Waals surface area (Å²) in [6.07, 6.45) is -2.92. The van der Waals surface area contributed by atoms with E-state index in [1.165, 1.54) is 24.3 Å². The first-order valence-electron chi connectivity index (χ1n) is 7.74. The molecule has 0 aromatic heterocycles. The van der Waals surface area contributed by atoms with E-state index in [-0.39, 0.29) is 11.9 Å². The lowest BCUT2D eigenvalue weighted by Crippen LogP contribution is -2.38. The largest absolute Gasteiger partial charge is 0.573 e. The zero-order valence-corrected chi connectivity index (χ0v) is 12.9. The quantitative estimate of drug-likeness (QED) is 0.824. The van der Waals surface area contributed by atoms with E-state index in [9.17, 15) is 13.2 Å². The van der Waals surface area contributed by atoms with Crippen molar-refractivity contribution in [2.75, 3.05) is 18.0 Å². The van der Waals surface area contributed by atoms with E-state index in [1.807, 2.05) is 24.3 Å². The normalized spacial score (nSPS) is 16.0. The average Bonchev–Trinajstić information content (AvgIpc) is 2.57. The Bertz CT molecular complexity index is 636. The maximum absolute atomic E-state index is 12.1. The first-order chi connectivity index (χ1) is 11.5. The van der Waals surface area contributed by atoms with Gasteiger partial charge in [-0.1, -0.05) is 18.2 Å². The monoisotopic (exact) mass is 336 g/mol. The molecule has 1 fully saturated rings. The summed E-state index contributed by atoms with van der Waals surface area (Å²) in [6.45, 7) is 1.72. The van der Waals surface area contributed by atoms with Crippen LogP contribution in [0.1, 0.15) is 12.8 Å². The number of hydrogen-bond donors (Lipinski definition) is 0. The predicted molar refractivity (Wildman–Crippen MR) is 84.3 cm³/mol. The Labute approximate surface area is 138 Å². The third-order valence-corrected chi connectivity index (χ3v) is 3.84. The van der Waals surface area contributed by atoms with Gasteiger partial charge in [0.2, 0.25) is 0 Å². The van der Waals surface area contributed by atoms with E-state index >= 15 is 0 Å². The zero-order valence-electron chi connectivity index (χ0n) is 12.9. The molecule has 0 unspecified atom stereocenters. The first-order valence-corrected chi connectivity index (χ1v) is 7.74. The van der Waals surface area contributed by atoms with E-state index in [0.717, 1.165) is 31.6 Å². The molecular weight excluding hydrogens is 319 g/mol. The lowest BCUT2D eigenvalue weighted by molar-refractivity contribution is -0.274. The second kappa shape index (κ2) is 7.03. The minimum absolute atomic E-state index is 0.0550. The van der Waals surface area contributed by atoms with Crippen LogP contribution in [-0.2, 0) is 0 Å². The number of rotatable bonds is 4. The van der Waals surface area contributed by atoms with Crippen molar-refractivity contribution in [2.24, 2.45) is 0 Å². The molecule has 2 aromatic rings. The maximum atomic E-state index is 12.1. The van der Waals surface area contributed by atoms with Crippen molar-refractivity contribution in [3.8, 4) is 11.5 Å². The molecule has 2 aromatic carbocycles. The molecule has 0 spiro atoms. The molecule has 0 atom stereocenters. The number of hydrogen-bond acceptors (Lipinski definition) is 3. The molecule has 127 valence electrons. The lowest BCUT2D eigenvalue weighted by atomic mass is 10.1. The van der Waals surface area contributed by atoms with Gasteiger partial charge in [-0.2, -0.15) is 0 Å². The van der Waals surface area contributed by atoms with Crippen molar-refractivity contribution in [2.45, 2.75) is 25.3 Å². The minimum atomic E-state index is -4.68. The summed E-state index contributed by atoms with van der Waals surface area (Å²) in [5, 5.41) is 0. The fraction of sp³-hybridized carbons (Fsp3) is 0.333. The van der Waals surface area contributed by atoms with Gasteiger partial charge in [-0.3, -0.25) is 0 Å². The summed E-state index contributed by atoms with van der Waals surface area (Å²) in [5.74, 6) is 0.304. The molecule has 0 bridgehead atoms. The van der Waals surface area contributed by atoms with Gasteiger partial charge in [0, 0.05) is 37.7 Å². The number of piperidine rings is 1. The van der Waals surface area contributed by atoms with Gasteiger partial charge in [-0.05, 0) is 30.3 Å². The Balaban J connectivity index is 1.51. The maximum Gasteiger partial charge on any atom is 0.573 e. The molecule has 0 aliphatic carbocycles. The van der Waals surface area contributed by atoms with Crippen molar-refractivity contribution in [1.82, 2.24) is 0 Å². The van der Waals surface area contributed by atoms with E-state index in [0.29, 0.717) is 5.75 Å². The van der Waals surface area contributed by atoms with Gasteiger partial charge < -0.3 is 14.4 Å². The predicted octanol–water partition coefficient (Wildman–Crippen LogP) is 4.43. The molecule has 1 aliphatic rings. The third kappa shape index (κ3) is 4.57. The van der Waals surface area contributed by atoms with Crippen LogP contribution in [0, 0.1) is 6.07 Å². The number of benzene rings is 2. The highest BCUT2D eigenvalue weighted by Gasteiger charge is 2.31. The molecule has 3 nitrogen and oxygen atoms in total. The molecule has 0 N–H and O–H groups in total. The van der Waals surface area contributed by atoms with Crippen molar-refractivity contribution < 1.29 is 22.6 Å². The summed E-state index contributed by atoms with van der Waals surface area (Å²) in [4.78, 5) is 2.25. The van der Waals surface area contributed by atoms with Crippen molar-refractivity contribution >= 4 is 5.69 Å². The van der Waals surface area contributed by atoms with Gasteiger partial charge in [-0.25, -0.2) is 0 Å². The number of ether oxygens (including phenoxy) is 2. The van der Waals surface area contributed by atoms with E-state index < -0.39 is 6.36 Å². The van der Waals surface area contributed by atoms with Crippen LogP contribution in [0.3, 0.4) is 0 Å². The highest BCUT2D eigenvalue weighted by molar-refractivity contribution is 5.45. The Kier molecular flexibility index (Phi) is 4.83. The molecule has 0 saturated carbocycles. The van der Waals surface area contributed by atoms with Gasteiger partial charge in [-0.15, -0.1) is 13.2 Å². The van der Waals surface area contributed by atoms with E-state index in [4.69, 9.17) is 4.74 Å². The molecule has 24 heavy (non-hydrogen) atoms. The van der Waals surface area contributed by atoms with Crippen LogP contribution in [0.2, 0.25) is 0 Å². The van der Waals surface area contributed by atoms with Gasteiger partial charge in [0.05, 0.1) is 0 Å². The molecule has 1 heterocycles. The number of alkyl halides is 3. The average molecular weight is 336 g/mol. The number of halogens is 3. The number of para-hydroxylation sites is 1. The molecule has 3 rings (SSSR count). The summed E-state index contributed by atoms with van der Waals surface area (Å²) in [5.41, 5.74) is 1.07. The standard InChI is InChI=1S/C18H17F3NO2/c19-18(20,21)24-17-8-6-15(7-9-17)23-16-10-12-22(13-11-16)14-4-2-1-3-5-14/h1-4,6-9,16H,10-13H2. The van der Waals surface area contributed by atoms with Crippen LogP contribution in [0.15, 0.2) is 48.5 Å². The van der Waals surface area contributed by atoms with Crippen LogP contribution in [0.25, 0.3) is 0 Å². The molecule has 0 amide bonds. The van der Waals surface area contributed by atoms with Gasteiger partial charge in [0.1, 0.15) is 17.6 Å². The van der Waals surface area contributed by atoms with Crippen molar-refractivity contribution in [3.63, 3.8) is 0 Å². The Hall–Kier alpha value is -2.37. The van der Waals surface area contributed by atoms with Crippen molar-refractivity contribution in [3.05, 3.63) is 54.6 Å². The fourth-order valence-electron chi connectivity index (χ4n) is 2.71. The second-order valence-corrected chi connectivity index (χ2v) is 5.57. The molecular formula is C18H17F3NO2. The van der Waals surface area contributed by atoms with Gasteiger partial charge in [0.25, 0.3) is 0 Å². The molecule has 1 aliphatic heterocycles.